The van der Waals surface area contributed by atoms with Gasteiger partial charge in [-0.3, -0.25) is 9.69 Å². The zero-order valence-corrected chi connectivity index (χ0v) is 15.6. The van der Waals surface area contributed by atoms with Gasteiger partial charge in [0.15, 0.2) is 0 Å². The summed E-state index contributed by atoms with van der Waals surface area (Å²) in [5.41, 5.74) is 4.39. The summed E-state index contributed by atoms with van der Waals surface area (Å²) < 4.78 is 2.32. The number of thiazole rings is 1. The molecule has 0 bridgehead atoms. The maximum Gasteiger partial charge on any atom is 0.220 e. The van der Waals surface area contributed by atoms with E-state index in [-0.39, 0.29) is 5.91 Å². The van der Waals surface area contributed by atoms with Crippen LogP contribution in [0.5, 0.6) is 0 Å². The van der Waals surface area contributed by atoms with E-state index in [1.807, 2.05) is 5.51 Å². The predicted molar refractivity (Wildman–Crippen MR) is 99.2 cm³/mol. The highest BCUT2D eigenvalue weighted by atomic mass is 32.1. The molecule has 1 aliphatic carbocycles. The molecule has 0 spiro atoms. The van der Waals surface area contributed by atoms with Crippen LogP contribution in [0.1, 0.15) is 35.5 Å². The first-order chi connectivity index (χ1) is 12.2. The Balaban J connectivity index is 1.43. The van der Waals surface area contributed by atoms with Crippen molar-refractivity contribution in [2.45, 2.75) is 45.8 Å². The van der Waals surface area contributed by atoms with Gasteiger partial charge < -0.3 is 9.88 Å². The second-order valence-corrected chi connectivity index (χ2v) is 8.44. The van der Waals surface area contributed by atoms with Crippen molar-refractivity contribution in [2.75, 3.05) is 13.1 Å². The fraction of sp³-hybridized carbons (Fsp3) is 0.579. The van der Waals surface area contributed by atoms with Crippen LogP contribution in [0.25, 0.3) is 0 Å². The van der Waals surface area contributed by atoms with Crippen molar-refractivity contribution in [3.8, 4) is 0 Å². The van der Waals surface area contributed by atoms with Crippen molar-refractivity contribution in [3.05, 3.63) is 40.1 Å². The molecule has 0 saturated heterocycles. The largest absolute Gasteiger partial charge is 0.356 e. The van der Waals surface area contributed by atoms with Crippen LogP contribution in [0.3, 0.4) is 0 Å². The van der Waals surface area contributed by atoms with Crippen LogP contribution >= 0.6 is 11.3 Å². The normalized spacial score (nSPS) is 20.9. The van der Waals surface area contributed by atoms with Crippen LogP contribution in [-0.4, -0.2) is 33.4 Å². The lowest BCUT2D eigenvalue weighted by molar-refractivity contribution is -0.122. The number of carbonyl (C=O) groups is 1. The summed E-state index contributed by atoms with van der Waals surface area (Å²) in [6, 6.07) is 4.31. The predicted octanol–water partition coefficient (Wildman–Crippen LogP) is 2.80. The Morgan fingerprint density at radius 2 is 2.24 bits per heavy atom. The standard InChI is InChI=1S/C19H26N4OS/c1-14-18(25-13-21-14)12-22-9-16(7-19(24)20-8-15-4-5-15)10-23-6-2-3-17(23)11-22/h2-3,6,13,15-16H,4-5,7-12H2,1H3,(H,20,24)/t16-/m1/s1. The highest BCUT2D eigenvalue weighted by molar-refractivity contribution is 7.09. The molecule has 1 saturated carbocycles. The molecule has 6 heteroatoms. The number of amides is 1. The maximum absolute atomic E-state index is 12.3. The Hall–Kier alpha value is -1.66. The van der Waals surface area contributed by atoms with Crippen LogP contribution in [0, 0.1) is 18.8 Å². The average molecular weight is 359 g/mol. The average Bonchev–Trinajstić information content (AvgIpc) is 3.23. The van der Waals surface area contributed by atoms with Crippen molar-refractivity contribution in [1.29, 1.82) is 0 Å². The van der Waals surface area contributed by atoms with Gasteiger partial charge in [0.2, 0.25) is 5.91 Å². The first-order valence-corrected chi connectivity index (χ1v) is 10.1. The van der Waals surface area contributed by atoms with Crippen molar-refractivity contribution in [2.24, 2.45) is 11.8 Å². The van der Waals surface area contributed by atoms with Crippen LogP contribution in [0.2, 0.25) is 0 Å². The van der Waals surface area contributed by atoms with Gasteiger partial charge in [0.1, 0.15) is 0 Å². The molecule has 1 aliphatic heterocycles. The van der Waals surface area contributed by atoms with Crippen molar-refractivity contribution in [1.82, 2.24) is 19.8 Å². The van der Waals surface area contributed by atoms with Crippen LogP contribution in [0.15, 0.2) is 23.8 Å². The van der Waals surface area contributed by atoms with Gasteiger partial charge in [0.25, 0.3) is 0 Å². The van der Waals surface area contributed by atoms with Crippen LogP contribution < -0.4 is 5.32 Å². The minimum absolute atomic E-state index is 0.210. The first-order valence-electron chi connectivity index (χ1n) is 9.19. The highest BCUT2D eigenvalue weighted by Crippen LogP contribution is 2.28. The molecule has 2 aromatic rings. The van der Waals surface area contributed by atoms with E-state index in [2.05, 4.69) is 45.0 Å². The van der Waals surface area contributed by atoms with Gasteiger partial charge in [-0.15, -0.1) is 11.3 Å². The zero-order chi connectivity index (χ0) is 17.2. The lowest BCUT2D eigenvalue weighted by Crippen LogP contribution is -2.33. The minimum Gasteiger partial charge on any atom is -0.356 e. The third-order valence-corrected chi connectivity index (χ3v) is 6.17. The summed E-state index contributed by atoms with van der Waals surface area (Å²) in [7, 11) is 0. The molecule has 134 valence electrons. The highest BCUT2D eigenvalue weighted by Gasteiger charge is 2.26. The third kappa shape index (κ3) is 4.30. The number of aryl methyl sites for hydroxylation is 1. The number of nitrogens with one attached hydrogen (secondary N) is 1. The minimum atomic E-state index is 0.210. The van der Waals surface area contributed by atoms with E-state index < -0.39 is 0 Å². The summed E-state index contributed by atoms with van der Waals surface area (Å²) >= 11 is 1.73. The van der Waals surface area contributed by atoms with Gasteiger partial charge in [-0.25, -0.2) is 4.98 Å². The molecular weight excluding hydrogens is 332 g/mol. The zero-order valence-electron chi connectivity index (χ0n) is 14.8. The lowest BCUT2D eigenvalue weighted by atomic mass is 10.0. The number of hydrogen-bond donors (Lipinski definition) is 1. The fourth-order valence-electron chi connectivity index (χ4n) is 3.61. The monoisotopic (exact) mass is 358 g/mol. The Morgan fingerprint density at radius 3 is 3.00 bits per heavy atom. The van der Waals surface area contributed by atoms with E-state index in [9.17, 15) is 4.79 Å². The van der Waals surface area contributed by atoms with Gasteiger partial charge in [-0.2, -0.15) is 0 Å². The molecule has 1 amide bonds. The van der Waals surface area contributed by atoms with Crippen molar-refractivity contribution < 1.29 is 4.79 Å². The Morgan fingerprint density at radius 1 is 1.36 bits per heavy atom. The van der Waals surface area contributed by atoms with E-state index in [4.69, 9.17) is 0 Å². The van der Waals surface area contributed by atoms with E-state index in [1.54, 1.807) is 11.3 Å². The molecule has 2 aromatic heterocycles. The maximum atomic E-state index is 12.3. The topological polar surface area (TPSA) is 50.2 Å². The lowest BCUT2D eigenvalue weighted by Gasteiger charge is -2.23. The Kier molecular flexibility index (Phi) is 4.90. The smallest absolute Gasteiger partial charge is 0.220 e. The summed E-state index contributed by atoms with van der Waals surface area (Å²) in [5, 5.41) is 3.12. The summed E-state index contributed by atoms with van der Waals surface area (Å²) in [6.07, 6.45) is 5.31. The molecular formula is C19H26N4OS. The molecule has 0 aromatic carbocycles. The summed E-state index contributed by atoms with van der Waals surface area (Å²) in [4.78, 5) is 20.5. The van der Waals surface area contributed by atoms with E-state index in [1.165, 1.54) is 23.4 Å². The molecule has 2 aliphatic rings. The van der Waals surface area contributed by atoms with E-state index in [0.29, 0.717) is 12.3 Å². The molecule has 1 atom stereocenters. The van der Waals surface area contributed by atoms with Crippen LogP contribution in [-0.2, 0) is 24.4 Å². The quantitative estimate of drug-likeness (QED) is 0.864. The first kappa shape index (κ1) is 16.8. The van der Waals surface area contributed by atoms with Crippen molar-refractivity contribution in [3.63, 3.8) is 0 Å². The van der Waals surface area contributed by atoms with Gasteiger partial charge >= 0.3 is 0 Å². The fourth-order valence-corrected chi connectivity index (χ4v) is 4.43. The number of nitrogens with zero attached hydrogens (tertiary/aromatic N) is 3. The SMILES string of the molecule is Cc1ncsc1CN1Cc2cccn2C[C@H](CC(=O)NCC2CC2)C1. The number of fused-ring (bicyclic) bond motifs is 1. The van der Waals surface area contributed by atoms with E-state index >= 15 is 0 Å². The van der Waals surface area contributed by atoms with Gasteiger partial charge in [0.05, 0.1) is 11.2 Å². The second-order valence-electron chi connectivity index (χ2n) is 7.50. The summed E-state index contributed by atoms with van der Waals surface area (Å²) in [6.45, 7) is 6.68. The number of rotatable bonds is 6. The van der Waals surface area contributed by atoms with Gasteiger partial charge in [0, 0.05) is 55.9 Å². The number of carbonyl (C=O) groups excluding carboxylic acids is 1. The molecule has 1 fully saturated rings. The molecule has 1 N–H and O–H groups in total. The third-order valence-electron chi connectivity index (χ3n) is 5.25. The number of aromatic nitrogens is 2. The molecule has 0 unspecified atom stereocenters. The Labute approximate surface area is 153 Å². The second kappa shape index (κ2) is 7.30. The number of hydrogen-bond acceptors (Lipinski definition) is 4. The Bertz CT molecular complexity index is 733. The van der Waals surface area contributed by atoms with Gasteiger partial charge in [-0.05, 0) is 43.7 Å². The molecule has 4 rings (SSSR count). The van der Waals surface area contributed by atoms with E-state index in [0.717, 1.165) is 44.3 Å². The van der Waals surface area contributed by atoms with Crippen molar-refractivity contribution >= 4 is 17.2 Å². The summed E-state index contributed by atoms with van der Waals surface area (Å²) in [5.74, 6) is 1.29. The molecule has 3 heterocycles. The van der Waals surface area contributed by atoms with Gasteiger partial charge in [-0.1, -0.05) is 0 Å². The van der Waals surface area contributed by atoms with Crippen LogP contribution in [0.4, 0.5) is 0 Å². The molecule has 5 nitrogen and oxygen atoms in total. The molecule has 0 radical (unpaired) electrons. The molecule has 25 heavy (non-hydrogen) atoms.